The average Bonchev–Trinajstić information content (AvgIpc) is 2.82. The summed E-state index contributed by atoms with van der Waals surface area (Å²) in [6.45, 7) is 8.79. The van der Waals surface area contributed by atoms with Crippen LogP contribution >= 0.6 is 0 Å². The van der Waals surface area contributed by atoms with Crippen LogP contribution in [-0.4, -0.2) is 48.5 Å². The maximum atomic E-state index is 12.6. The van der Waals surface area contributed by atoms with Gasteiger partial charge in [-0.1, -0.05) is 24.3 Å². The molecule has 3 aromatic rings. The summed E-state index contributed by atoms with van der Waals surface area (Å²) in [6.07, 6.45) is -0.617. The van der Waals surface area contributed by atoms with E-state index in [9.17, 15) is 4.79 Å². The predicted molar refractivity (Wildman–Crippen MR) is 125 cm³/mol. The second kappa shape index (κ2) is 9.78. The fourth-order valence-electron chi connectivity index (χ4n) is 3.49. The molecule has 7 nitrogen and oxygen atoms in total. The summed E-state index contributed by atoms with van der Waals surface area (Å²) in [5, 5.41) is 11.6. The number of hydrogen-bond donors (Lipinski definition) is 1. The maximum Gasteiger partial charge on any atom is 0.265 e. The lowest BCUT2D eigenvalue weighted by atomic mass is 10.1. The van der Waals surface area contributed by atoms with Crippen molar-refractivity contribution < 1.29 is 14.3 Å². The van der Waals surface area contributed by atoms with Gasteiger partial charge in [-0.05, 0) is 62.2 Å². The normalized spacial score (nSPS) is 14.7. The van der Waals surface area contributed by atoms with Gasteiger partial charge in [0.1, 0.15) is 5.75 Å². The quantitative estimate of drug-likeness (QED) is 0.634. The van der Waals surface area contributed by atoms with Crippen molar-refractivity contribution in [2.75, 3.05) is 36.5 Å². The number of amides is 1. The molecule has 1 saturated heterocycles. The monoisotopic (exact) mass is 432 g/mol. The van der Waals surface area contributed by atoms with Crippen LogP contribution in [0.2, 0.25) is 0 Å². The van der Waals surface area contributed by atoms with Gasteiger partial charge in [0.2, 0.25) is 0 Å². The van der Waals surface area contributed by atoms with Crippen LogP contribution in [0.5, 0.6) is 5.75 Å². The maximum absolute atomic E-state index is 12.6. The number of carbonyl (C=O) groups excluding carboxylic acids is 1. The Kier molecular flexibility index (Phi) is 6.66. The molecule has 1 aliphatic rings. The van der Waals surface area contributed by atoms with Crippen molar-refractivity contribution in [3.63, 3.8) is 0 Å². The van der Waals surface area contributed by atoms with Crippen molar-refractivity contribution in [2.45, 2.75) is 26.9 Å². The molecule has 0 bridgehead atoms. The number of morpholine rings is 1. The lowest BCUT2D eigenvalue weighted by Gasteiger charge is -2.27. The number of nitrogens with one attached hydrogen (secondary N) is 1. The Hall–Kier alpha value is -3.45. The molecule has 32 heavy (non-hydrogen) atoms. The van der Waals surface area contributed by atoms with Crippen LogP contribution in [0.3, 0.4) is 0 Å². The highest BCUT2D eigenvalue weighted by Gasteiger charge is 2.16. The Labute approximate surface area is 188 Å². The molecule has 1 amide bonds. The average molecular weight is 433 g/mol. The van der Waals surface area contributed by atoms with Crippen molar-refractivity contribution in [2.24, 2.45) is 0 Å². The van der Waals surface area contributed by atoms with Gasteiger partial charge in [0.15, 0.2) is 11.9 Å². The number of benzene rings is 2. The molecule has 1 atom stereocenters. The zero-order valence-corrected chi connectivity index (χ0v) is 18.7. The van der Waals surface area contributed by atoms with E-state index in [2.05, 4.69) is 20.4 Å². The number of ether oxygens (including phenoxy) is 2. The summed E-state index contributed by atoms with van der Waals surface area (Å²) in [6, 6.07) is 17.5. The lowest BCUT2D eigenvalue weighted by Crippen LogP contribution is -2.36. The van der Waals surface area contributed by atoms with Gasteiger partial charge in [0.25, 0.3) is 5.91 Å². The molecule has 166 valence electrons. The second-order valence-corrected chi connectivity index (χ2v) is 7.97. The SMILES string of the molecule is Cc1ccc(C)c(OC(C)C(=O)Nc2ccc(-c3ccc(N4CCOCC4)nn3)cc2)c1. The van der Waals surface area contributed by atoms with E-state index in [4.69, 9.17) is 9.47 Å². The number of nitrogens with zero attached hydrogens (tertiary/aromatic N) is 3. The first-order chi connectivity index (χ1) is 15.5. The predicted octanol–water partition coefficient (Wildman–Crippen LogP) is 4.00. The molecule has 2 heterocycles. The van der Waals surface area contributed by atoms with E-state index in [0.29, 0.717) is 18.9 Å². The van der Waals surface area contributed by atoms with Gasteiger partial charge in [-0.2, -0.15) is 0 Å². The van der Waals surface area contributed by atoms with E-state index in [0.717, 1.165) is 47.0 Å². The number of anilines is 2. The van der Waals surface area contributed by atoms with Gasteiger partial charge in [0, 0.05) is 24.3 Å². The van der Waals surface area contributed by atoms with Gasteiger partial charge in [-0.3, -0.25) is 4.79 Å². The summed E-state index contributed by atoms with van der Waals surface area (Å²) < 4.78 is 11.3. The standard InChI is InChI=1S/C25H28N4O3/c1-17-4-5-18(2)23(16-17)32-19(3)25(30)26-21-8-6-20(7-9-21)22-10-11-24(28-27-22)29-12-14-31-15-13-29/h4-11,16,19H,12-15H2,1-3H3,(H,26,30). The van der Waals surface area contributed by atoms with Gasteiger partial charge < -0.3 is 19.7 Å². The van der Waals surface area contributed by atoms with E-state index in [1.165, 1.54) is 0 Å². The largest absolute Gasteiger partial charge is 0.481 e. The summed E-state index contributed by atoms with van der Waals surface area (Å²) in [5.41, 5.74) is 4.51. The number of aryl methyl sites for hydroxylation is 2. The number of hydrogen-bond acceptors (Lipinski definition) is 6. The molecule has 2 aromatic carbocycles. The number of carbonyl (C=O) groups is 1. The summed E-state index contributed by atoms with van der Waals surface area (Å²) in [4.78, 5) is 14.8. The van der Waals surface area contributed by atoms with Gasteiger partial charge in [0.05, 0.1) is 18.9 Å². The van der Waals surface area contributed by atoms with E-state index in [-0.39, 0.29) is 5.91 Å². The Balaban J connectivity index is 1.36. The first-order valence-electron chi connectivity index (χ1n) is 10.8. The first kappa shape index (κ1) is 21.8. The molecule has 0 radical (unpaired) electrons. The summed E-state index contributed by atoms with van der Waals surface area (Å²) >= 11 is 0. The van der Waals surface area contributed by atoms with Gasteiger partial charge in [-0.15, -0.1) is 10.2 Å². The van der Waals surface area contributed by atoms with E-state index in [1.807, 2.05) is 68.4 Å². The Bertz CT molecular complexity index is 1060. The van der Waals surface area contributed by atoms with Gasteiger partial charge >= 0.3 is 0 Å². The number of rotatable bonds is 6. The minimum Gasteiger partial charge on any atom is -0.481 e. The fraction of sp³-hybridized carbons (Fsp3) is 0.320. The molecule has 4 rings (SSSR count). The van der Waals surface area contributed by atoms with Crippen molar-refractivity contribution in [3.8, 4) is 17.0 Å². The van der Waals surface area contributed by atoms with Crippen LogP contribution in [0.1, 0.15) is 18.1 Å². The Morgan fingerprint density at radius 3 is 2.47 bits per heavy atom. The van der Waals surface area contributed by atoms with E-state index >= 15 is 0 Å². The zero-order valence-electron chi connectivity index (χ0n) is 18.7. The lowest BCUT2D eigenvalue weighted by molar-refractivity contribution is -0.122. The smallest absolute Gasteiger partial charge is 0.265 e. The zero-order chi connectivity index (χ0) is 22.5. The summed E-state index contributed by atoms with van der Waals surface area (Å²) in [7, 11) is 0. The fourth-order valence-corrected chi connectivity index (χ4v) is 3.49. The highest BCUT2D eigenvalue weighted by molar-refractivity contribution is 5.94. The van der Waals surface area contributed by atoms with Crippen LogP contribution < -0.4 is 15.0 Å². The highest BCUT2D eigenvalue weighted by Crippen LogP contribution is 2.23. The Morgan fingerprint density at radius 2 is 1.78 bits per heavy atom. The molecule has 1 aromatic heterocycles. The van der Waals surface area contributed by atoms with Crippen LogP contribution in [0, 0.1) is 13.8 Å². The molecule has 1 N–H and O–H groups in total. The van der Waals surface area contributed by atoms with Crippen LogP contribution in [0.15, 0.2) is 54.6 Å². The molecule has 1 unspecified atom stereocenters. The third kappa shape index (κ3) is 5.23. The topological polar surface area (TPSA) is 76.6 Å². The molecule has 0 spiro atoms. The molecular weight excluding hydrogens is 404 g/mol. The summed E-state index contributed by atoms with van der Waals surface area (Å²) in [5.74, 6) is 1.38. The van der Waals surface area contributed by atoms with E-state index < -0.39 is 6.10 Å². The second-order valence-electron chi connectivity index (χ2n) is 7.97. The van der Waals surface area contributed by atoms with Crippen molar-refractivity contribution in [1.29, 1.82) is 0 Å². The molecule has 1 fully saturated rings. The van der Waals surface area contributed by atoms with Crippen LogP contribution in [0.4, 0.5) is 11.5 Å². The highest BCUT2D eigenvalue weighted by atomic mass is 16.5. The van der Waals surface area contributed by atoms with Crippen molar-refractivity contribution in [1.82, 2.24) is 10.2 Å². The molecular formula is C25H28N4O3. The van der Waals surface area contributed by atoms with Crippen LogP contribution in [0.25, 0.3) is 11.3 Å². The van der Waals surface area contributed by atoms with Gasteiger partial charge in [-0.25, -0.2) is 0 Å². The molecule has 0 aliphatic carbocycles. The first-order valence-corrected chi connectivity index (χ1v) is 10.8. The van der Waals surface area contributed by atoms with Crippen molar-refractivity contribution in [3.05, 3.63) is 65.7 Å². The van der Waals surface area contributed by atoms with Crippen LogP contribution in [-0.2, 0) is 9.53 Å². The number of aromatic nitrogens is 2. The third-order valence-corrected chi connectivity index (χ3v) is 5.45. The van der Waals surface area contributed by atoms with Crippen molar-refractivity contribution >= 4 is 17.4 Å². The molecule has 1 aliphatic heterocycles. The third-order valence-electron chi connectivity index (χ3n) is 5.45. The molecule has 7 heteroatoms. The minimum absolute atomic E-state index is 0.201. The molecule has 0 saturated carbocycles. The Morgan fingerprint density at radius 1 is 1.03 bits per heavy atom. The minimum atomic E-state index is -0.617. The van der Waals surface area contributed by atoms with E-state index in [1.54, 1.807) is 6.92 Å².